The molecule has 1 aromatic rings. The van der Waals surface area contributed by atoms with E-state index in [0.717, 1.165) is 6.07 Å². The van der Waals surface area contributed by atoms with Gasteiger partial charge in [0, 0.05) is 5.69 Å². The minimum absolute atomic E-state index is 0.270. The van der Waals surface area contributed by atoms with Crippen LogP contribution in [0.15, 0.2) is 12.1 Å². The average molecular weight is 289 g/mol. The van der Waals surface area contributed by atoms with E-state index in [1.165, 1.54) is 27.0 Å². The SMILES string of the molecule is COC(=O)C(C)CS(=O)(=O)Cc1ccc(F)nc1C. The van der Waals surface area contributed by atoms with Crippen LogP contribution >= 0.6 is 0 Å². The van der Waals surface area contributed by atoms with Gasteiger partial charge in [-0.25, -0.2) is 13.4 Å². The van der Waals surface area contributed by atoms with Gasteiger partial charge in [-0.05, 0) is 18.6 Å². The number of sulfone groups is 1. The van der Waals surface area contributed by atoms with Gasteiger partial charge in [0.05, 0.1) is 24.5 Å². The van der Waals surface area contributed by atoms with Crippen LogP contribution in [0.1, 0.15) is 18.2 Å². The molecule has 0 bridgehead atoms. The monoisotopic (exact) mass is 289 g/mol. The molecule has 0 amide bonds. The highest BCUT2D eigenvalue weighted by Crippen LogP contribution is 2.14. The molecule has 0 radical (unpaired) electrons. The van der Waals surface area contributed by atoms with Crippen molar-refractivity contribution in [3.05, 3.63) is 29.3 Å². The summed E-state index contributed by atoms with van der Waals surface area (Å²) in [7, 11) is -2.28. The molecule has 0 aromatic carbocycles. The number of methoxy groups -OCH3 is 1. The summed E-state index contributed by atoms with van der Waals surface area (Å²) in [6, 6.07) is 2.50. The quantitative estimate of drug-likeness (QED) is 0.602. The van der Waals surface area contributed by atoms with Crippen molar-refractivity contribution in [2.45, 2.75) is 19.6 Å². The van der Waals surface area contributed by atoms with Gasteiger partial charge in [-0.15, -0.1) is 0 Å². The number of ether oxygens (including phenoxy) is 1. The largest absolute Gasteiger partial charge is 0.469 e. The lowest BCUT2D eigenvalue weighted by Crippen LogP contribution is -2.23. The van der Waals surface area contributed by atoms with Gasteiger partial charge in [0.1, 0.15) is 0 Å². The van der Waals surface area contributed by atoms with Crippen molar-refractivity contribution in [3.8, 4) is 0 Å². The number of aryl methyl sites for hydroxylation is 1. The highest BCUT2D eigenvalue weighted by Gasteiger charge is 2.23. The van der Waals surface area contributed by atoms with Crippen molar-refractivity contribution >= 4 is 15.8 Å². The number of carbonyl (C=O) groups excluding carboxylic acids is 1. The molecule has 0 saturated carbocycles. The van der Waals surface area contributed by atoms with Gasteiger partial charge in [0.2, 0.25) is 5.95 Å². The molecular formula is C12H16FNO4S. The molecule has 7 heteroatoms. The number of pyridine rings is 1. The van der Waals surface area contributed by atoms with Crippen LogP contribution in [-0.2, 0) is 25.1 Å². The zero-order chi connectivity index (χ0) is 14.6. The van der Waals surface area contributed by atoms with Gasteiger partial charge in [0.15, 0.2) is 9.84 Å². The zero-order valence-electron chi connectivity index (χ0n) is 11.0. The Hall–Kier alpha value is -1.50. The van der Waals surface area contributed by atoms with Crippen LogP contribution in [0.3, 0.4) is 0 Å². The van der Waals surface area contributed by atoms with Crippen LogP contribution in [-0.4, -0.2) is 32.2 Å². The predicted molar refractivity (Wildman–Crippen MR) is 67.6 cm³/mol. The molecule has 5 nitrogen and oxygen atoms in total. The highest BCUT2D eigenvalue weighted by atomic mass is 32.2. The van der Waals surface area contributed by atoms with Gasteiger partial charge in [-0.3, -0.25) is 4.79 Å². The first-order chi connectivity index (χ1) is 8.75. The fourth-order valence-electron chi connectivity index (χ4n) is 1.66. The lowest BCUT2D eigenvalue weighted by Gasteiger charge is -2.11. The highest BCUT2D eigenvalue weighted by molar-refractivity contribution is 7.90. The van der Waals surface area contributed by atoms with Gasteiger partial charge in [-0.2, -0.15) is 4.39 Å². The van der Waals surface area contributed by atoms with E-state index in [2.05, 4.69) is 9.72 Å². The molecule has 1 unspecified atom stereocenters. The first-order valence-corrected chi connectivity index (χ1v) is 7.47. The molecule has 0 aliphatic heterocycles. The molecule has 1 atom stereocenters. The van der Waals surface area contributed by atoms with Crippen molar-refractivity contribution < 1.29 is 22.3 Å². The summed E-state index contributed by atoms with van der Waals surface area (Å²) in [5.41, 5.74) is 0.757. The topological polar surface area (TPSA) is 73.3 Å². The Morgan fingerprint density at radius 2 is 2.11 bits per heavy atom. The Kier molecular flexibility index (Phi) is 4.99. The molecule has 1 aromatic heterocycles. The normalized spacial score (nSPS) is 13.1. The number of hydrogen-bond donors (Lipinski definition) is 0. The maximum absolute atomic E-state index is 12.8. The fourth-order valence-corrected chi connectivity index (χ4v) is 3.45. The van der Waals surface area contributed by atoms with Crippen LogP contribution in [0.25, 0.3) is 0 Å². The lowest BCUT2D eigenvalue weighted by atomic mass is 10.2. The molecule has 19 heavy (non-hydrogen) atoms. The second-order valence-electron chi connectivity index (χ2n) is 4.36. The molecule has 0 N–H and O–H groups in total. The fraction of sp³-hybridized carbons (Fsp3) is 0.500. The minimum atomic E-state index is -3.49. The Bertz CT molecular complexity index is 571. The summed E-state index contributed by atoms with van der Waals surface area (Å²) in [4.78, 5) is 14.8. The molecule has 106 valence electrons. The van der Waals surface area contributed by atoms with Crippen molar-refractivity contribution in [1.82, 2.24) is 4.98 Å². The number of halogens is 1. The molecular weight excluding hydrogens is 273 g/mol. The molecule has 0 fully saturated rings. The number of esters is 1. The van der Waals surface area contributed by atoms with E-state index in [9.17, 15) is 17.6 Å². The number of rotatable bonds is 5. The third-order valence-corrected chi connectivity index (χ3v) is 4.40. The number of carbonyl (C=O) groups is 1. The van der Waals surface area contributed by atoms with Gasteiger partial charge < -0.3 is 4.74 Å². The predicted octanol–water partition coefficient (Wildman–Crippen LogP) is 1.25. The minimum Gasteiger partial charge on any atom is -0.469 e. The first-order valence-electron chi connectivity index (χ1n) is 5.65. The summed E-state index contributed by atoms with van der Waals surface area (Å²) in [5, 5.41) is 0. The van der Waals surface area contributed by atoms with Crippen LogP contribution in [0.5, 0.6) is 0 Å². The van der Waals surface area contributed by atoms with E-state index in [0.29, 0.717) is 11.3 Å². The Morgan fingerprint density at radius 3 is 2.63 bits per heavy atom. The molecule has 0 saturated heterocycles. The summed E-state index contributed by atoms with van der Waals surface area (Å²) in [6.45, 7) is 3.02. The molecule has 0 aliphatic rings. The third kappa shape index (κ3) is 4.59. The van der Waals surface area contributed by atoms with Crippen LogP contribution in [0, 0.1) is 18.8 Å². The van der Waals surface area contributed by atoms with Gasteiger partial charge in [0.25, 0.3) is 0 Å². The summed E-state index contributed by atoms with van der Waals surface area (Å²) < 4.78 is 41.2. The van der Waals surface area contributed by atoms with E-state index >= 15 is 0 Å². The van der Waals surface area contributed by atoms with E-state index in [1.807, 2.05) is 0 Å². The second-order valence-corrected chi connectivity index (χ2v) is 6.47. The molecule has 0 spiro atoms. The van der Waals surface area contributed by atoms with Crippen molar-refractivity contribution in [2.75, 3.05) is 12.9 Å². The lowest BCUT2D eigenvalue weighted by molar-refractivity contribution is -0.144. The Balaban J connectivity index is 2.82. The summed E-state index contributed by atoms with van der Waals surface area (Å²) >= 11 is 0. The third-order valence-electron chi connectivity index (χ3n) is 2.64. The second kappa shape index (κ2) is 6.10. The van der Waals surface area contributed by atoms with Crippen LogP contribution in [0.4, 0.5) is 4.39 Å². The van der Waals surface area contributed by atoms with Crippen LogP contribution < -0.4 is 0 Å². The van der Waals surface area contributed by atoms with E-state index in [1.54, 1.807) is 0 Å². The van der Waals surface area contributed by atoms with E-state index < -0.39 is 27.7 Å². The Labute approximate surface area is 111 Å². The first kappa shape index (κ1) is 15.6. The maximum Gasteiger partial charge on any atom is 0.309 e. The van der Waals surface area contributed by atoms with Gasteiger partial charge in [-0.1, -0.05) is 13.0 Å². The average Bonchev–Trinajstić information content (AvgIpc) is 2.31. The molecule has 0 aliphatic carbocycles. The smallest absolute Gasteiger partial charge is 0.309 e. The van der Waals surface area contributed by atoms with Crippen molar-refractivity contribution in [2.24, 2.45) is 5.92 Å². The van der Waals surface area contributed by atoms with Crippen LogP contribution in [0.2, 0.25) is 0 Å². The van der Waals surface area contributed by atoms with Gasteiger partial charge >= 0.3 is 5.97 Å². The molecule has 1 heterocycles. The number of hydrogen-bond acceptors (Lipinski definition) is 5. The standard InChI is InChI=1S/C12H16FNO4S/c1-8(12(15)18-3)6-19(16,17)7-10-4-5-11(13)14-9(10)2/h4-5,8H,6-7H2,1-3H3. The van der Waals surface area contributed by atoms with Crippen molar-refractivity contribution in [1.29, 1.82) is 0 Å². The Morgan fingerprint density at radius 1 is 1.47 bits per heavy atom. The van der Waals surface area contributed by atoms with Crippen molar-refractivity contribution in [3.63, 3.8) is 0 Å². The molecule has 1 rings (SSSR count). The van der Waals surface area contributed by atoms with E-state index in [-0.39, 0.29) is 11.5 Å². The summed E-state index contributed by atoms with van der Waals surface area (Å²) in [5.74, 6) is -2.54. The van der Waals surface area contributed by atoms with E-state index in [4.69, 9.17) is 0 Å². The maximum atomic E-state index is 12.8. The number of nitrogens with zero attached hydrogens (tertiary/aromatic N) is 1. The summed E-state index contributed by atoms with van der Waals surface area (Å²) in [6.07, 6.45) is 0. The number of aromatic nitrogens is 1. The zero-order valence-corrected chi connectivity index (χ0v) is 11.8.